The van der Waals surface area contributed by atoms with Crippen molar-refractivity contribution in [3.63, 3.8) is 0 Å². The number of amides is 2. The van der Waals surface area contributed by atoms with Crippen LogP contribution in [0.25, 0.3) is 0 Å². The second-order valence-electron chi connectivity index (χ2n) is 12.1. The number of halogens is 3. The lowest BCUT2D eigenvalue weighted by Crippen LogP contribution is -3.00. The van der Waals surface area contributed by atoms with Crippen LogP contribution in [0.15, 0.2) is 30.3 Å². The number of methoxy groups -OCH3 is 1. The molecule has 0 bridgehead atoms. The fraction of sp³-hybridized carbons (Fsp3) is 0.633. The number of nitrogens with one attached hydrogen (secondary N) is 1. The van der Waals surface area contributed by atoms with Crippen LogP contribution >= 0.6 is 11.3 Å². The number of thiazole rings is 1. The van der Waals surface area contributed by atoms with Gasteiger partial charge in [-0.3, -0.25) is 15.0 Å². The van der Waals surface area contributed by atoms with Crippen LogP contribution in [0.1, 0.15) is 67.0 Å². The molecule has 2 saturated heterocycles. The number of H-pyrrole nitrogens is 1. The lowest BCUT2D eigenvalue weighted by molar-refractivity contribution is -0.640. The summed E-state index contributed by atoms with van der Waals surface area (Å²) in [6.45, 7) is 3.44. The molecule has 5 N–H and O–H groups in total. The van der Waals surface area contributed by atoms with Crippen LogP contribution in [-0.2, 0) is 21.5 Å². The van der Waals surface area contributed by atoms with E-state index in [9.17, 15) is 9.59 Å². The largest absolute Gasteiger partial charge is 1.00 e. The Morgan fingerprint density at radius 1 is 1.10 bits per heavy atom. The molecule has 1 spiro atoms. The van der Waals surface area contributed by atoms with E-state index < -0.39 is 5.41 Å². The highest BCUT2D eigenvalue weighted by Gasteiger charge is 2.60. The summed E-state index contributed by atoms with van der Waals surface area (Å²) in [6, 6.07) is 11.2. The van der Waals surface area contributed by atoms with Crippen LogP contribution in [0.3, 0.4) is 0 Å². The molecule has 3 aliphatic heterocycles. The minimum Gasteiger partial charge on any atom is -1.00 e. The van der Waals surface area contributed by atoms with Crippen LogP contribution in [0.4, 0.5) is 9.93 Å². The number of benzene rings is 1. The number of nitrogens with zero attached hydrogens (tertiary/aromatic N) is 2. The summed E-state index contributed by atoms with van der Waals surface area (Å²) in [5, 5.41) is 5.48. The molecule has 4 atom stereocenters. The summed E-state index contributed by atoms with van der Waals surface area (Å²) in [5.41, 5.74) is 2.08. The van der Waals surface area contributed by atoms with Gasteiger partial charge in [-0.25, -0.2) is 4.79 Å². The molecule has 0 radical (unpaired) electrons. The third-order valence-corrected chi connectivity index (χ3v) is 11.4. The summed E-state index contributed by atoms with van der Waals surface area (Å²) in [5.74, 6) is 1.25. The van der Waals surface area contributed by atoms with Crippen molar-refractivity contribution in [2.24, 2.45) is 11.8 Å². The molecule has 0 unspecified atom stereocenters. The van der Waals surface area contributed by atoms with Crippen molar-refractivity contribution in [2.75, 3.05) is 40.3 Å². The standard InChI is InChI=1S/C30H41N5O3S.3ClH/c1-31-28-33-24-17-34(29(37)38-2)19-30(26(24)39-28)18-32-16-23(30)27(36)35-14-13-22(20-9-5-3-6-10-20)15-25(35)21-11-7-4-8-12-21;;;/h3,5-6,9-10,21-23,25,32H,4,7-8,11-19H2,1-2H3,(H,31,33);3*1H/t22-,23+,25+,30+;;;/m1.../s1. The van der Waals surface area contributed by atoms with Gasteiger partial charge in [-0.2, -0.15) is 0 Å². The van der Waals surface area contributed by atoms with Gasteiger partial charge in [0.2, 0.25) is 11.6 Å². The summed E-state index contributed by atoms with van der Waals surface area (Å²) in [7, 11) is 3.48. The Labute approximate surface area is 272 Å². The molecule has 6 rings (SSSR count). The number of quaternary nitrogens is 2. The van der Waals surface area contributed by atoms with Crippen LogP contribution in [0.5, 0.6) is 0 Å². The Hall–Kier alpha value is -1.62. The monoisotopic (exact) mass is 659 g/mol. The topological polar surface area (TPSA) is 97.2 Å². The Balaban J connectivity index is 0.00000161. The Morgan fingerprint density at radius 2 is 1.83 bits per heavy atom. The van der Waals surface area contributed by atoms with E-state index in [-0.39, 0.29) is 49.2 Å². The van der Waals surface area contributed by atoms with Crippen molar-refractivity contribution in [1.29, 1.82) is 0 Å². The fourth-order valence-electron chi connectivity index (χ4n) is 8.07. The number of nitrogens with two attached hydrogens (primary N) is 2. The summed E-state index contributed by atoms with van der Waals surface area (Å²) >= 11 is 1.77. The zero-order valence-corrected chi connectivity index (χ0v) is 27.6. The second kappa shape index (κ2) is 14.9. The maximum absolute atomic E-state index is 14.8. The molecule has 4 heterocycles. The Morgan fingerprint density at radius 3 is 2.52 bits per heavy atom. The number of fused-ring (bicyclic) bond motifs is 2. The molecule has 1 aliphatic carbocycles. The highest BCUT2D eigenvalue weighted by molar-refractivity contribution is 7.14. The second-order valence-corrected chi connectivity index (χ2v) is 13.1. The van der Waals surface area contributed by atoms with Crippen LogP contribution in [-0.4, -0.2) is 68.2 Å². The van der Waals surface area contributed by atoms with Gasteiger partial charge in [0, 0.05) is 19.1 Å². The molecule has 234 valence electrons. The lowest BCUT2D eigenvalue weighted by Gasteiger charge is -2.47. The minimum atomic E-state index is -0.394. The number of aromatic amines is 1. The highest BCUT2D eigenvalue weighted by Crippen LogP contribution is 2.46. The fourth-order valence-corrected chi connectivity index (χ4v) is 9.31. The number of carbonyl (C=O) groups excluding carboxylic acids is 2. The van der Waals surface area contributed by atoms with E-state index in [0.717, 1.165) is 43.3 Å². The molecule has 1 aromatic carbocycles. The average Bonchev–Trinajstić information content (AvgIpc) is 3.62. The molecule has 12 heteroatoms. The van der Waals surface area contributed by atoms with Gasteiger partial charge < -0.3 is 52.2 Å². The van der Waals surface area contributed by atoms with Gasteiger partial charge >= 0.3 is 11.2 Å². The number of rotatable bonds is 4. The molecule has 8 nitrogen and oxygen atoms in total. The molecule has 42 heavy (non-hydrogen) atoms. The Bertz CT molecular complexity index is 1200. The van der Waals surface area contributed by atoms with E-state index in [1.165, 1.54) is 49.7 Å². The SMILES string of the molecule is C[NH2+]c1[nH+]c2c(s1)[C@@]1(C[NH2+]C[C@H]1C(=O)N1CC[C@@H](c3ccccc3)C[C@H]1C1CCCCC1)CN(C(=O)OC)C2.[Cl-].[Cl-].[Cl-]. The van der Waals surface area contributed by atoms with Crippen molar-refractivity contribution in [1.82, 2.24) is 9.80 Å². The number of likely N-dealkylation sites (tertiary alicyclic amines) is 1. The van der Waals surface area contributed by atoms with Crippen LogP contribution in [0.2, 0.25) is 0 Å². The van der Waals surface area contributed by atoms with E-state index in [2.05, 4.69) is 50.8 Å². The number of aromatic nitrogens is 1. The summed E-state index contributed by atoms with van der Waals surface area (Å²) < 4.78 is 5.17. The number of hydrogen-bond acceptors (Lipinski definition) is 4. The van der Waals surface area contributed by atoms with Crippen molar-refractivity contribution in [3.8, 4) is 0 Å². The Kier molecular flexibility index (Phi) is 12.4. The molecule has 2 amide bonds. The number of piperidine rings is 1. The van der Waals surface area contributed by atoms with Gasteiger partial charge in [0.05, 0.1) is 32.7 Å². The zero-order valence-electron chi connectivity index (χ0n) is 24.5. The van der Waals surface area contributed by atoms with Crippen molar-refractivity contribution in [2.45, 2.75) is 68.9 Å². The molecule has 1 aromatic heterocycles. The number of hydrogen-bond donors (Lipinski definition) is 2. The average molecular weight is 661 g/mol. The third-order valence-electron chi connectivity index (χ3n) is 10.00. The number of carbonyl (C=O) groups is 2. The first-order chi connectivity index (χ1) is 19.0. The first-order valence-electron chi connectivity index (χ1n) is 14.9. The van der Waals surface area contributed by atoms with E-state index in [0.29, 0.717) is 36.9 Å². The minimum absolute atomic E-state index is 0. The molecule has 4 aliphatic rings. The van der Waals surface area contributed by atoms with Crippen molar-refractivity contribution in [3.05, 3.63) is 46.5 Å². The zero-order chi connectivity index (χ0) is 27.0. The molecule has 1 saturated carbocycles. The lowest BCUT2D eigenvalue weighted by atomic mass is 9.71. The molecular weight excluding hydrogens is 617 g/mol. The normalized spacial score (nSPS) is 27.3. The number of ether oxygens (including phenoxy) is 1. The highest BCUT2D eigenvalue weighted by atomic mass is 35.5. The third kappa shape index (κ3) is 6.42. The van der Waals surface area contributed by atoms with E-state index >= 15 is 0 Å². The van der Waals surface area contributed by atoms with Gasteiger partial charge in [-0.05, 0) is 54.4 Å². The van der Waals surface area contributed by atoms with Gasteiger partial charge in [0.1, 0.15) is 17.3 Å². The van der Waals surface area contributed by atoms with Crippen LogP contribution < -0.4 is 52.8 Å². The maximum Gasteiger partial charge on any atom is 0.425 e. The van der Waals surface area contributed by atoms with Crippen molar-refractivity contribution < 1.29 is 67.2 Å². The predicted octanol–water partition coefficient (Wildman–Crippen LogP) is -7.23. The molecular formula is C30H44Cl3N5O3S. The molecule has 3 fully saturated rings. The smallest absolute Gasteiger partial charge is 0.425 e. The molecule has 2 aromatic rings. The van der Waals surface area contributed by atoms with Crippen LogP contribution in [0, 0.1) is 11.8 Å². The van der Waals surface area contributed by atoms with E-state index in [4.69, 9.17) is 4.74 Å². The van der Waals surface area contributed by atoms with Crippen molar-refractivity contribution >= 4 is 28.5 Å². The first-order valence-corrected chi connectivity index (χ1v) is 15.7. The van der Waals surface area contributed by atoms with Gasteiger partial charge in [0.25, 0.3) is 0 Å². The van der Waals surface area contributed by atoms with E-state index in [1.54, 1.807) is 16.2 Å². The summed E-state index contributed by atoms with van der Waals surface area (Å²) in [6.07, 6.45) is 8.09. The maximum atomic E-state index is 14.8. The van der Waals surface area contributed by atoms with Gasteiger partial charge in [0.15, 0.2) is 0 Å². The van der Waals surface area contributed by atoms with E-state index in [1.807, 2.05) is 7.05 Å². The quantitative estimate of drug-likeness (QED) is 0.341. The van der Waals surface area contributed by atoms with Gasteiger partial charge in [-0.1, -0.05) is 49.6 Å². The summed E-state index contributed by atoms with van der Waals surface area (Å²) in [4.78, 5) is 36.4. The van der Waals surface area contributed by atoms with Gasteiger partial charge in [-0.15, -0.1) is 4.98 Å². The predicted molar refractivity (Wildman–Crippen MR) is 149 cm³/mol. The first kappa shape index (κ1) is 34.9.